The Kier molecular flexibility index (Phi) is 7.53. The highest BCUT2D eigenvalue weighted by Crippen LogP contribution is 2.38. The Morgan fingerprint density at radius 2 is 0.740 bits per heavy atom. The first-order chi connectivity index (χ1) is 24.8. The van der Waals surface area contributed by atoms with Crippen LogP contribution in [0, 0.1) is 0 Å². The number of hydrogen-bond acceptors (Lipinski definition) is 2. The summed E-state index contributed by atoms with van der Waals surface area (Å²) in [6.45, 7) is 0. The molecule has 0 amide bonds. The van der Waals surface area contributed by atoms with Gasteiger partial charge in [-0.2, -0.15) is 0 Å². The molecule has 0 aliphatic carbocycles. The molecule has 2 heterocycles. The van der Waals surface area contributed by atoms with Gasteiger partial charge in [-0.1, -0.05) is 164 Å². The van der Waals surface area contributed by atoms with E-state index in [1.807, 2.05) is 18.2 Å². The third kappa shape index (κ3) is 5.63. The first kappa shape index (κ1) is 29.5. The van der Waals surface area contributed by atoms with Crippen LogP contribution in [0.25, 0.3) is 88.8 Å². The van der Waals surface area contributed by atoms with Crippen LogP contribution in [-0.2, 0) is 0 Å². The van der Waals surface area contributed by atoms with Gasteiger partial charge >= 0.3 is 0 Å². The topological polar surface area (TPSA) is 25.8 Å². The zero-order valence-electron chi connectivity index (χ0n) is 27.4. The Morgan fingerprint density at radius 3 is 1.28 bits per heavy atom. The number of aromatic nitrogens is 2. The molecular formula is C48H32N2. The standard InChI is InChI=1S/C48H32N2/c1-5-13-35(14-6-1)43-32-47(38-19-11-4-12-20-38)49-44-28-26-40-29-39(25-27-42(40)48(43)44)33-21-23-34(24-22-33)41-30-45(36-15-7-2-8-16-36)50-46(31-41)37-17-9-3-10-18-37/h1-32H. The molecule has 50 heavy (non-hydrogen) atoms. The van der Waals surface area contributed by atoms with E-state index in [4.69, 9.17) is 9.97 Å². The molecule has 0 aliphatic heterocycles. The van der Waals surface area contributed by atoms with Gasteiger partial charge in [0, 0.05) is 22.1 Å². The van der Waals surface area contributed by atoms with E-state index >= 15 is 0 Å². The van der Waals surface area contributed by atoms with Crippen LogP contribution in [0.5, 0.6) is 0 Å². The second-order valence-corrected chi connectivity index (χ2v) is 12.6. The molecular weight excluding hydrogens is 605 g/mol. The van der Waals surface area contributed by atoms with Crippen molar-refractivity contribution in [3.05, 3.63) is 194 Å². The van der Waals surface area contributed by atoms with Crippen LogP contribution in [0.15, 0.2) is 194 Å². The summed E-state index contributed by atoms with van der Waals surface area (Å²) in [6, 6.07) is 68.6. The highest BCUT2D eigenvalue weighted by Gasteiger charge is 2.14. The summed E-state index contributed by atoms with van der Waals surface area (Å²) in [4.78, 5) is 10.2. The molecule has 234 valence electrons. The van der Waals surface area contributed by atoms with Gasteiger partial charge in [0.1, 0.15) is 0 Å². The van der Waals surface area contributed by atoms with Crippen molar-refractivity contribution in [3.63, 3.8) is 0 Å². The summed E-state index contributed by atoms with van der Waals surface area (Å²) in [5, 5.41) is 3.57. The van der Waals surface area contributed by atoms with Crippen LogP contribution in [0.4, 0.5) is 0 Å². The van der Waals surface area contributed by atoms with Crippen LogP contribution < -0.4 is 0 Å². The summed E-state index contributed by atoms with van der Waals surface area (Å²) in [7, 11) is 0. The molecule has 2 aromatic heterocycles. The molecule has 0 atom stereocenters. The van der Waals surface area contributed by atoms with E-state index in [-0.39, 0.29) is 0 Å². The van der Waals surface area contributed by atoms with Gasteiger partial charge in [-0.25, -0.2) is 9.97 Å². The molecule has 0 fully saturated rings. The SMILES string of the molecule is c1ccc(-c2cc(-c3ccc(-c4ccc5c(ccc6nc(-c7ccccc7)cc(-c7ccccc7)c65)c4)cc3)cc(-c3ccccc3)n2)cc1. The van der Waals surface area contributed by atoms with Crippen molar-refractivity contribution >= 4 is 21.7 Å². The lowest BCUT2D eigenvalue weighted by molar-refractivity contribution is 1.32. The van der Waals surface area contributed by atoms with E-state index in [0.29, 0.717) is 0 Å². The van der Waals surface area contributed by atoms with Crippen molar-refractivity contribution < 1.29 is 0 Å². The average Bonchev–Trinajstić information content (AvgIpc) is 3.21. The van der Waals surface area contributed by atoms with Crippen LogP contribution in [0.2, 0.25) is 0 Å². The molecule has 7 aromatic carbocycles. The molecule has 2 nitrogen and oxygen atoms in total. The fourth-order valence-corrected chi connectivity index (χ4v) is 6.91. The average molecular weight is 637 g/mol. The highest BCUT2D eigenvalue weighted by molar-refractivity contribution is 6.14. The minimum Gasteiger partial charge on any atom is -0.248 e. The zero-order chi connectivity index (χ0) is 33.3. The predicted molar refractivity (Wildman–Crippen MR) is 210 cm³/mol. The van der Waals surface area contributed by atoms with Gasteiger partial charge in [0.15, 0.2) is 0 Å². The summed E-state index contributed by atoms with van der Waals surface area (Å²) >= 11 is 0. The van der Waals surface area contributed by atoms with Gasteiger partial charge in [0.05, 0.1) is 22.6 Å². The summed E-state index contributed by atoms with van der Waals surface area (Å²) in [5.41, 5.74) is 14.3. The van der Waals surface area contributed by atoms with Gasteiger partial charge < -0.3 is 0 Å². The molecule has 0 N–H and O–H groups in total. The minimum absolute atomic E-state index is 0.966. The normalized spacial score (nSPS) is 11.2. The van der Waals surface area contributed by atoms with Crippen LogP contribution in [-0.4, -0.2) is 9.97 Å². The number of fused-ring (bicyclic) bond motifs is 3. The van der Waals surface area contributed by atoms with E-state index in [1.165, 1.54) is 38.4 Å². The molecule has 0 bridgehead atoms. The Labute approximate surface area is 292 Å². The molecule has 2 heteroatoms. The van der Waals surface area contributed by atoms with Crippen molar-refractivity contribution in [1.82, 2.24) is 9.97 Å². The number of hydrogen-bond donors (Lipinski definition) is 0. The third-order valence-electron chi connectivity index (χ3n) is 9.46. The van der Waals surface area contributed by atoms with Crippen LogP contribution >= 0.6 is 0 Å². The number of nitrogens with zero attached hydrogens (tertiary/aromatic N) is 2. The molecule has 0 saturated carbocycles. The van der Waals surface area contributed by atoms with Crippen molar-refractivity contribution in [2.45, 2.75) is 0 Å². The maximum absolute atomic E-state index is 5.15. The monoisotopic (exact) mass is 636 g/mol. The van der Waals surface area contributed by atoms with E-state index in [1.54, 1.807) is 0 Å². The summed E-state index contributed by atoms with van der Waals surface area (Å²) < 4.78 is 0. The van der Waals surface area contributed by atoms with Gasteiger partial charge in [-0.3, -0.25) is 0 Å². The first-order valence-corrected chi connectivity index (χ1v) is 17.0. The molecule has 0 unspecified atom stereocenters. The van der Waals surface area contributed by atoms with Crippen molar-refractivity contribution in [2.75, 3.05) is 0 Å². The molecule has 0 spiro atoms. The second-order valence-electron chi connectivity index (χ2n) is 12.6. The van der Waals surface area contributed by atoms with Gasteiger partial charge in [-0.15, -0.1) is 0 Å². The van der Waals surface area contributed by atoms with E-state index in [0.717, 1.165) is 50.4 Å². The Bertz CT molecular complexity index is 2540. The maximum atomic E-state index is 5.15. The second kappa shape index (κ2) is 12.8. The fourth-order valence-electron chi connectivity index (χ4n) is 6.91. The van der Waals surface area contributed by atoms with Gasteiger partial charge in [0.25, 0.3) is 0 Å². The lowest BCUT2D eigenvalue weighted by Gasteiger charge is -2.14. The predicted octanol–water partition coefficient (Wildman–Crippen LogP) is 12.8. The molecule has 0 aliphatic rings. The van der Waals surface area contributed by atoms with E-state index in [9.17, 15) is 0 Å². The first-order valence-electron chi connectivity index (χ1n) is 17.0. The highest BCUT2D eigenvalue weighted by atomic mass is 14.7. The molecule has 0 saturated heterocycles. The van der Waals surface area contributed by atoms with E-state index in [2.05, 4.69) is 176 Å². The molecule has 0 radical (unpaired) electrons. The molecule has 9 aromatic rings. The summed E-state index contributed by atoms with van der Waals surface area (Å²) in [5.74, 6) is 0. The maximum Gasteiger partial charge on any atom is 0.0722 e. The largest absolute Gasteiger partial charge is 0.248 e. The van der Waals surface area contributed by atoms with Crippen molar-refractivity contribution in [2.24, 2.45) is 0 Å². The van der Waals surface area contributed by atoms with Gasteiger partial charge in [-0.05, 0) is 74.5 Å². The Hall–Kier alpha value is -6.64. The number of pyridine rings is 2. The number of rotatable bonds is 6. The minimum atomic E-state index is 0.966. The van der Waals surface area contributed by atoms with Crippen molar-refractivity contribution in [1.29, 1.82) is 0 Å². The fraction of sp³-hybridized carbons (Fsp3) is 0. The quantitative estimate of drug-likeness (QED) is 0.170. The number of benzene rings is 7. The van der Waals surface area contributed by atoms with Crippen molar-refractivity contribution in [3.8, 4) is 67.2 Å². The lowest BCUT2D eigenvalue weighted by atomic mass is 9.92. The van der Waals surface area contributed by atoms with E-state index < -0.39 is 0 Å². The van der Waals surface area contributed by atoms with Crippen LogP contribution in [0.1, 0.15) is 0 Å². The zero-order valence-corrected chi connectivity index (χ0v) is 27.4. The Balaban J connectivity index is 1.11. The van der Waals surface area contributed by atoms with Crippen LogP contribution in [0.3, 0.4) is 0 Å². The molecule has 9 rings (SSSR count). The third-order valence-corrected chi connectivity index (χ3v) is 9.46. The summed E-state index contributed by atoms with van der Waals surface area (Å²) in [6.07, 6.45) is 0. The lowest BCUT2D eigenvalue weighted by Crippen LogP contribution is -1.92. The Morgan fingerprint density at radius 1 is 0.280 bits per heavy atom. The smallest absolute Gasteiger partial charge is 0.0722 e. The van der Waals surface area contributed by atoms with Gasteiger partial charge in [0.2, 0.25) is 0 Å².